The van der Waals surface area contributed by atoms with Crippen molar-refractivity contribution >= 4 is 5.71 Å². The molecule has 2 rings (SSSR count). The monoisotopic (exact) mass is 363 g/mol. The highest BCUT2D eigenvalue weighted by molar-refractivity contribution is 6.13. The van der Waals surface area contributed by atoms with Gasteiger partial charge in [0.25, 0.3) is 0 Å². The van der Waals surface area contributed by atoms with Crippen LogP contribution in [0, 0.1) is 73.6 Å². The standard InChI is InChI=1S/C23H29N3O/c1-12-13(2)18(7)23(19(8)14(12)3)21(10-24)26-27-11-22-17(6)15(4)16(5)20(9)25-22/h11H2,1-9H3. The average Bonchev–Trinajstić information content (AvgIpc) is 2.65. The molecule has 0 spiro atoms. The molecule has 1 aromatic carbocycles. The second-order valence-electron chi connectivity index (χ2n) is 7.34. The molecule has 4 heteroatoms. The van der Waals surface area contributed by atoms with E-state index in [2.05, 4.69) is 50.8 Å². The Kier molecular flexibility index (Phi) is 6.05. The van der Waals surface area contributed by atoms with Crippen LogP contribution in [0.15, 0.2) is 5.16 Å². The molecule has 2 aromatic rings. The number of oxime groups is 1. The smallest absolute Gasteiger partial charge is 0.187 e. The van der Waals surface area contributed by atoms with E-state index in [1.54, 1.807) is 0 Å². The van der Waals surface area contributed by atoms with Crippen LogP contribution in [-0.4, -0.2) is 10.7 Å². The van der Waals surface area contributed by atoms with Gasteiger partial charge in [-0.3, -0.25) is 4.98 Å². The van der Waals surface area contributed by atoms with Gasteiger partial charge in [0.1, 0.15) is 6.07 Å². The molecule has 4 nitrogen and oxygen atoms in total. The fourth-order valence-electron chi connectivity index (χ4n) is 3.41. The summed E-state index contributed by atoms with van der Waals surface area (Å²) >= 11 is 0. The van der Waals surface area contributed by atoms with E-state index in [-0.39, 0.29) is 6.61 Å². The van der Waals surface area contributed by atoms with E-state index in [1.807, 2.05) is 27.7 Å². The van der Waals surface area contributed by atoms with E-state index in [9.17, 15) is 5.26 Å². The van der Waals surface area contributed by atoms with Gasteiger partial charge >= 0.3 is 0 Å². The Morgan fingerprint density at radius 3 is 1.78 bits per heavy atom. The van der Waals surface area contributed by atoms with Crippen molar-refractivity contribution in [2.45, 2.75) is 68.9 Å². The van der Waals surface area contributed by atoms with Crippen molar-refractivity contribution in [2.75, 3.05) is 0 Å². The predicted octanol–water partition coefficient (Wildman–Crippen LogP) is 5.30. The highest BCUT2D eigenvalue weighted by Crippen LogP contribution is 2.27. The van der Waals surface area contributed by atoms with Gasteiger partial charge in [0.15, 0.2) is 12.3 Å². The lowest BCUT2D eigenvalue weighted by Gasteiger charge is -2.17. The molecule has 0 N–H and O–H groups in total. The van der Waals surface area contributed by atoms with Crippen molar-refractivity contribution in [3.8, 4) is 6.07 Å². The molecule has 0 amide bonds. The van der Waals surface area contributed by atoms with Gasteiger partial charge in [0.2, 0.25) is 0 Å². The quantitative estimate of drug-likeness (QED) is 0.547. The number of pyridine rings is 1. The first-order valence-corrected chi connectivity index (χ1v) is 9.22. The highest BCUT2D eigenvalue weighted by Gasteiger charge is 2.17. The van der Waals surface area contributed by atoms with E-state index in [1.165, 1.54) is 27.8 Å². The van der Waals surface area contributed by atoms with Crippen molar-refractivity contribution in [3.63, 3.8) is 0 Å². The Hall–Kier alpha value is -2.67. The second-order valence-corrected chi connectivity index (χ2v) is 7.34. The fraction of sp³-hybridized carbons (Fsp3) is 0.435. The molecule has 0 saturated heterocycles. The number of aryl methyl sites for hydroxylation is 1. The molecule has 0 aliphatic heterocycles. The number of nitrogens with zero attached hydrogens (tertiary/aromatic N) is 3. The van der Waals surface area contributed by atoms with Crippen LogP contribution in [-0.2, 0) is 11.4 Å². The van der Waals surface area contributed by atoms with Crippen molar-refractivity contribution in [3.05, 3.63) is 61.5 Å². The first kappa shape index (κ1) is 20.6. The van der Waals surface area contributed by atoms with Gasteiger partial charge in [-0.05, 0) is 107 Å². The molecule has 1 aromatic heterocycles. The minimum Gasteiger partial charge on any atom is -0.388 e. The number of hydrogen-bond acceptors (Lipinski definition) is 4. The molecular weight excluding hydrogens is 334 g/mol. The number of benzene rings is 1. The van der Waals surface area contributed by atoms with E-state index in [4.69, 9.17) is 4.84 Å². The summed E-state index contributed by atoms with van der Waals surface area (Å²) in [4.78, 5) is 10.2. The molecule has 1 heterocycles. The van der Waals surface area contributed by atoms with Crippen LogP contribution < -0.4 is 0 Å². The third-order valence-corrected chi connectivity index (χ3v) is 6.10. The zero-order valence-electron chi connectivity index (χ0n) is 18.0. The number of rotatable bonds is 4. The van der Waals surface area contributed by atoms with Crippen LogP contribution in [0.1, 0.15) is 61.5 Å². The van der Waals surface area contributed by atoms with Gasteiger partial charge in [-0.25, -0.2) is 0 Å². The molecule has 0 aliphatic rings. The van der Waals surface area contributed by atoms with Crippen LogP contribution in [0.5, 0.6) is 0 Å². The van der Waals surface area contributed by atoms with Gasteiger partial charge in [0, 0.05) is 11.3 Å². The SMILES string of the molecule is Cc1nc(CON=C(C#N)c2c(C)c(C)c(C)c(C)c2C)c(C)c(C)c1C. The van der Waals surface area contributed by atoms with Gasteiger partial charge in [-0.1, -0.05) is 5.16 Å². The zero-order chi connectivity index (χ0) is 20.5. The van der Waals surface area contributed by atoms with Crippen molar-refractivity contribution < 1.29 is 4.84 Å². The van der Waals surface area contributed by atoms with Gasteiger partial charge < -0.3 is 4.84 Å². The largest absolute Gasteiger partial charge is 0.388 e. The van der Waals surface area contributed by atoms with Crippen LogP contribution in [0.3, 0.4) is 0 Å². The maximum atomic E-state index is 9.68. The van der Waals surface area contributed by atoms with Crippen LogP contribution in [0.25, 0.3) is 0 Å². The van der Waals surface area contributed by atoms with E-state index < -0.39 is 0 Å². The molecule has 0 fully saturated rings. The molecule has 142 valence electrons. The number of nitriles is 1. The molecule has 0 atom stereocenters. The van der Waals surface area contributed by atoms with Crippen molar-refractivity contribution in [2.24, 2.45) is 5.16 Å². The maximum absolute atomic E-state index is 9.68. The molecule has 0 saturated carbocycles. The summed E-state index contributed by atoms with van der Waals surface area (Å²) in [5.74, 6) is 0. The first-order valence-electron chi connectivity index (χ1n) is 9.22. The Morgan fingerprint density at radius 2 is 1.26 bits per heavy atom. The summed E-state index contributed by atoms with van der Waals surface area (Å²) in [6, 6.07) is 2.21. The van der Waals surface area contributed by atoms with Gasteiger partial charge in [0.05, 0.1) is 5.69 Å². The zero-order valence-corrected chi connectivity index (χ0v) is 18.0. The summed E-state index contributed by atoms with van der Waals surface area (Å²) < 4.78 is 0. The van der Waals surface area contributed by atoms with Gasteiger partial charge in [-0.15, -0.1) is 0 Å². The van der Waals surface area contributed by atoms with Crippen LogP contribution in [0.2, 0.25) is 0 Å². The fourth-order valence-corrected chi connectivity index (χ4v) is 3.41. The normalized spacial score (nSPS) is 11.5. The first-order chi connectivity index (χ1) is 12.6. The minimum atomic E-state index is 0.251. The van der Waals surface area contributed by atoms with E-state index >= 15 is 0 Å². The van der Waals surface area contributed by atoms with Crippen LogP contribution in [0.4, 0.5) is 0 Å². The maximum Gasteiger partial charge on any atom is 0.187 e. The Bertz CT molecular complexity index is 950. The summed E-state index contributed by atoms with van der Waals surface area (Å²) in [5.41, 5.74) is 12.4. The molecule has 27 heavy (non-hydrogen) atoms. The van der Waals surface area contributed by atoms with E-state index in [0.29, 0.717) is 5.71 Å². The lowest BCUT2D eigenvalue weighted by atomic mass is 9.88. The van der Waals surface area contributed by atoms with Crippen LogP contribution >= 0.6 is 0 Å². The molecule has 0 bridgehead atoms. The summed E-state index contributed by atoms with van der Waals surface area (Å²) in [5, 5.41) is 13.9. The average molecular weight is 364 g/mol. The number of aromatic nitrogens is 1. The summed E-state index contributed by atoms with van der Waals surface area (Å²) in [6.07, 6.45) is 0. The second kappa shape index (κ2) is 7.92. The molecule has 0 aliphatic carbocycles. The number of hydrogen-bond donors (Lipinski definition) is 0. The third-order valence-electron chi connectivity index (χ3n) is 6.10. The Morgan fingerprint density at radius 1 is 0.778 bits per heavy atom. The minimum absolute atomic E-state index is 0.251. The summed E-state index contributed by atoms with van der Waals surface area (Å²) in [7, 11) is 0. The summed E-state index contributed by atoms with van der Waals surface area (Å²) in [6.45, 7) is 18.8. The highest BCUT2D eigenvalue weighted by atomic mass is 16.6. The Balaban J connectivity index is 2.39. The third kappa shape index (κ3) is 3.73. The lowest BCUT2D eigenvalue weighted by molar-refractivity contribution is 0.127. The molecule has 0 radical (unpaired) electrons. The molecule has 0 unspecified atom stereocenters. The predicted molar refractivity (Wildman–Crippen MR) is 110 cm³/mol. The van der Waals surface area contributed by atoms with Gasteiger partial charge in [-0.2, -0.15) is 5.26 Å². The van der Waals surface area contributed by atoms with Crippen molar-refractivity contribution in [1.82, 2.24) is 4.98 Å². The Labute approximate surface area is 162 Å². The lowest BCUT2D eigenvalue weighted by Crippen LogP contribution is -2.10. The van der Waals surface area contributed by atoms with E-state index in [0.717, 1.165) is 33.6 Å². The topological polar surface area (TPSA) is 58.3 Å². The molecular formula is C23H29N3O. The van der Waals surface area contributed by atoms with Crippen molar-refractivity contribution in [1.29, 1.82) is 5.26 Å².